The fraction of sp³-hybridized carbons (Fsp3) is 0.0345. The van der Waals surface area contributed by atoms with Crippen LogP contribution in [0.3, 0.4) is 0 Å². The number of benzene rings is 1. The van der Waals surface area contributed by atoms with Gasteiger partial charge in [-0.2, -0.15) is 9.49 Å². The molecule has 200 valence electrons. The zero-order valence-electron chi connectivity index (χ0n) is 21.0. The molecule has 7 rings (SSSR count). The van der Waals surface area contributed by atoms with Crippen molar-refractivity contribution in [3.8, 4) is 33.1 Å². The summed E-state index contributed by atoms with van der Waals surface area (Å²) in [6, 6.07) is 15.8. The zero-order chi connectivity index (χ0) is 27.9. The summed E-state index contributed by atoms with van der Waals surface area (Å²) >= 11 is 1.01. The highest BCUT2D eigenvalue weighted by molar-refractivity contribution is 7.14. The number of aromatic amines is 2. The van der Waals surface area contributed by atoms with Gasteiger partial charge in [0.2, 0.25) is 5.91 Å². The lowest BCUT2D eigenvalue weighted by Gasteiger charge is -2.08. The van der Waals surface area contributed by atoms with Crippen LogP contribution in [0.1, 0.15) is 5.56 Å². The van der Waals surface area contributed by atoms with Crippen LogP contribution in [-0.4, -0.2) is 41.0 Å². The van der Waals surface area contributed by atoms with E-state index < -0.39 is 5.82 Å². The molecule has 6 heterocycles. The van der Waals surface area contributed by atoms with Gasteiger partial charge in [0.25, 0.3) is 0 Å². The Morgan fingerprint density at radius 2 is 1.83 bits per heavy atom. The molecule has 0 bridgehead atoms. The summed E-state index contributed by atoms with van der Waals surface area (Å²) < 4.78 is 29.8. The minimum atomic E-state index is -0.581. The van der Waals surface area contributed by atoms with E-state index in [9.17, 15) is 9.18 Å². The number of amides is 1. The molecule has 0 aliphatic heterocycles. The molecule has 0 saturated heterocycles. The number of nitrogens with one attached hydrogen (secondary N) is 3. The quantitative estimate of drug-likeness (QED) is 0.223. The normalized spacial score (nSPS) is 11.4. The molecule has 6 aromatic heterocycles. The molecule has 3 N–H and O–H groups in total. The summed E-state index contributed by atoms with van der Waals surface area (Å²) in [5.74, 6) is -0.496. The molecule has 0 spiro atoms. The molecule has 0 aliphatic carbocycles. The number of thiophene rings is 1. The van der Waals surface area contributed by atoms with Crippen LogP contribution in [0.4, 0.5) is 14.5 Å². The first-order valence-electron chi connectivity index (χ1n) is 12.5. The van der Waals surface area contributed by atoms with Crippen molar-refractivity contribution in [2.24, 2.45) is 0 Å². The maximum atomic E-state index is 16.1. The summed E-state index contributed by atoms with van der Waals surface area (Å²) in [4.78, 5) is 33.8. The number of carbonyl (C=O) groups is 1. The van der Waals surface area contributed by atoms with Crippen LogP contribution in [0, 0.1) is 10.9 Å². The molecule has 0 radical (unpaired) electrons. The lowest BCUT2D eigenvalue weighted by Crippen LogP contribution is -2.14. The van der Waals surface area contributed by atoms with Crippen LogP contribution in [0.2, 0.25) is 0 Å². The van der Waals surface area contributed by atoms with Crippen molar-refractivity contribution < 1.29 is 13.6 Å². The van der Waals surface area contributed by atoms with Crippen LogP contribution in [0.15, 0.2) is 79.4 Å². The number of anilines is 1. The van der Waals surface area contributed by atoms with E-state index in [1.165, 1.54) is 24.7 Å². The maximum Gasteiger partial charge on any atom is 0.228 e. The Bertz CT molecular complexity index is 2070. The topological polar surface area (TPSA) is 125 Å². The third kappa shape index (κ3) is 4.59. The second kappa shape index (κ2) is 9.99. The first-order chi connectivity index (χ1) is 20.0. The number of pyridine rings is 3. The summed E-state index contributed by atoms with van der Waals surface area (Å²) in [7, 11) is 0. The van der Waals surface area contributed by atoms with Gasteiger partial charge in [0.15, 0.2) is 22.2 Å². The first kappa shape index (κ1) is 24.7. The van der Waals surface area contributed by atoms with E-state index in [1.54, 1.807) is 24.4 Å². The molecule has 0 aliphatic rings. The predicted octanol–water partition coefficient (Wildman–Crippen LogP) is 6.15. The second-order valence-electron chi connectivity index (χ2n) is 9.20. The Kier molecular flexibility index (Phi) is 6.01. The van der Waals surface area contributed by atoms with Crippen LogP contribution < -0.4 is 5.32 Å². The third-order valence-corrected chi connectivity index (χ3v) is 7.43. The van der Waals surface area contributed by atoms with E-state index in [4.69, 9.17) is 0 Å². The van der Waals surface area contributed by atoms with Crippen molar-refractivity contribution in [3.63, 3.8) is 0 Å². The monoisotopic (exact) mass is 564 g/mol. The molecular formula is C29H18F2N8OS. The SMILES string of the molecule is O=C(Cc1ccccc1)Nc1cncc(-c2cnc3n[nH]c(-c4nc5nccc(-c6ccc(F)s6)c5[nH]4)c3c2F)c1. The first-order valence-corrected chi connectivity index (χ1v) is 13.3. The van der Waals surface area contributed by atoms with E-state index in [0.717, 1.165) is 22.5 Å². The fourth-order valence-electron chi connectivity index (χ4n) is 4.66. The average Bonchev–Trinajstić information content (AvgIpc) is 3.72. The Balaban J connectivity index is 1.24. The minimum Gasteiger partial charge on any atom is -0.335 e. The highest BCUT2D eigenvalue weighted by Crippen LogP contribution is 2.35. The second-order valence-corrected chi connectivity index (χ2v) is 10.2. The van der Waals surface area contributed by atoms with Gasteiger partial charge in [0.1, 0.15) is 11.5 Å². The van der Waals surface area contributed by atoms with Crippen LogP contribution in [-0.2, 0) is 11.2 Å². The number of halogens is 2. The van der Waals surface area contributed by atoms with Crippen LogP contribution in [0.25, 0.3) is 55.3 Å². The smallest absolute Gasteiger partial charge is 0.228 e. The Hall–Kier alpha value is -5.36. The lowest BCUT2D eigenvalue weighted by atomic mass is 10.1. The van der Waals surface area contributed by atoms with E-state index in [-0.39, 0.29) is 39.7 Å². The highest BCUT2D eigenvalue weighted by atomic mass is 32.1. The average molecular weight is 565 g/mol. The van der Waals surface area contributed by atoms with E-state index in [1.807, 2.05) is 30.3 Å². The van der Waals surface area contributed by atoms with E-state index >= 15 is 4.39 Å². The van der Waals surface area contributed by atoms with Crippen LogP contribution >= 0.6 is 11.3 Å². The highest BCUT2D eigenvalue weighted by Gasteiger charge is 2.22. The molecular weight excluding hydrogens is 546 g/mol. The molecule has 41 heavy (non-hydrogen) atoms. The van der Waals surface area contributed by atoms with Crippen LogP contribution in [0.5, 0.6) is 0 Å². The van der Waals surface area contributed by atoms with Crippen molar-refractivity contribution in [2.45, 2.75) is 6.42 Å². The molecule has 0 saturated carbocycles. The predicted molar refractivity (Wildman–Crippen MR) is 152 cm³/mol. The fourth-order valence-corrected chi connectivity index (χ4v) is 5.42. The summed E-state index contributed by atoms with van der Waals surface area (Å²) in [6.07, 6.45) is 6.15. The third-order valence-electron chi connectivity index (χ3n) is 6.53. The number of nitrogens with zero attached hydrogens (tertiary/aromatic N) is 5. The number of hydrogen-bond acceptors (Lipinski definition) is 7. The molecule has 12 heteroatoms. The van der Waals surface area contributed by atoms with E-state index in [0.29, 0.717) is 33.1 Å². The standard InChI is InChI=1S/C29H18F2N8OS/c30-21-7-6-20(41-21)18-8-9-33-28-25(18)36-29(37-28)26-23-24(31)19(14-34-27(23)39-38-26)16-11-17(13-32-12-16)35-22(40)10-15-4-2-1-3-5-15/h1-9,11-14H,10H2,(H,35,40)(H,33,36,37)(H,34,38,39). The maximum absolute atomic E-state index is 16.1. The largest absolute Gasteiger partial charge is 0.335 e. The molecule has 1 aromatic carbocycles. The molecule has 0 atom stereocenters. The van der Waals surface area contributed by atoms with Crippen molar-refractivity contribution >= 4 is 45.1 Å². The number of imidazole rings is 1. The van der Waals surface area contributed by atoms with E-state index in [2.05, 4.69) is 40.4 Å². The van der Waals surface area contributed by atoms with Crippen molar-refractivity contribution in [2.75, 3.05) is 5.32 Å². The Morgan fingerprint density at radius 1 is 0.951 bits per heavy atom. The van der Waals surface area contributed by atoms with Gasteiger partial charge in [-0.25, -0.2) is 19.3 Å². The Morgan fingerprint density at radius 3 is 2.66 bits per heavy atom. The van der Waals surface area contributed by atoms with Crippen molar-refractivity contribution in [1.82, 2.24) is 35.1 Å². The molecule has 7 aromatic rings. The van der Waals surface area contributed by atoms with Gasteiger partial charge in [0.05, 0.1) is 29.2 Å². The van der Waals surface area contributed by atoms with Gasteiger partial charge < -0.3 is 10.3 Å². The molecule has 9 nitrogen and oxygen atoms in total. The van der Waals surface area contributed by atoms with Gasteiger partial charge in [-0.15, -0.1) is 11.3 Å². The summed E-state index contributed by atoms with van der Waals surface area (Å²) in [5.41, 5.74) is 4.05. The summed E-state index contributed by atoms with van der Waals surface area (Å²) in [5, 5.41) is 9.63. The number of H-pyrrole nitrogens is 2. The van der Waals surface area contributed by atoms with Crippen molar-refractivity contribution in [1.29, 1.82) is 0 Å². The van der Waals surface area contributed by atoms with Gasteiger partial charge in [-0.1, -0.05) is 30.3 Å². The van der Waals surface area contributed by atoms with Gasteiger partial charge in [-0.3, -0.25) is 14.9 Å². The van der Waals surface area contributed by atoms with Gasteiger partial charge in [-0.05, 0) is 29.8 Å². The lowest BCUT2D eigenvalue weighted by molar-refractivity contribution is -0.115. The number of hydrogen-bond donors (Lipinski definition) is 3. The number of carbonyl (C=O) groups excluding carboxylic acids is 1. The number of rotatable bonds is 6. The molecule has 0 fully saturated rings. The number of fused-ring (bicyclic) bond motifs is 2. The van der Waals surface area contributed by atoms with Crippen molar-refractivity contribution in [3.05, 3.63) is 95.9 Å². The minimum absolute atomic E-state index is 0.129. The zero-order valence-corrected chi connectivity index (χ0v) is 21.8. The Labute approximate surface area is 234 Å². The van der Waals surface area contributed by atoms with Gasteiger partial charge in [0, 0.05) is 40.2 Å². The van der Waals surface area contributed by atoms with Gasteiger partial charge >= 0.3 is 0 Å². The summed E-state index contributed by atoms with van der Waals surface area (Å²) in [6.45, 7) is 0. The molecule has 0 unspecified atom stereocenters. The molecule has 1 amide bonds. The number of aromatic nitrogens is 7.